The van der Waals surface area contributed by atoms with E-state index in [1.807, 2.05) is 6.92 Å². The fourth-order valence-corrected chi connectivity index (χ4v) is 3.59. The van der Waals surface area contributed by atoms with Gasteiger partial charge in [0.2, 0.25) is 0 Å². The molecule has 3 rings (SSSR count). The molecule has 34 heavy (non-hydrogen) atoms. The van der Waals surface area contributed by atoms with Gasteiger partial charge in [-0.2, -0.15) is 8.78 Å². The molecule has 0 aliphatic heterocycles. The maximum atomic E-state index is 14.6. The Morgan fingerprint density at radius 2 is 1.15 bits per heavy atom. The molecule has 0 spiro atoms. The van der Waals surface area contributed by atoms with Crippen molar-refractivity contribution in [2.45, 2.75) is 51.6 Å². The number of rotatable bonds is 10. The third-order valence-corrected chi connectivity index (χ3v) is 5.38. The van der Waals surface area contributed by atoms with Gasteiger partial charge in [-0.25, -0.2) is 22.0 Å². The number of hydrogen-bond donors (Lipinski definition) is 0. The minimum Gasteiger partial charge on any atom is -0.429 e. The Labute approximate surface area is 193 Å². The lowest BCUT2D eigenvalue weighted by Gasteiger charge is -2.20. The van der Waals surface area contributed by atoms with E-state index in [1.165, 1.54) is 24.3 Å². The van der Waals surface area contributed by atoms with Crippen LogP contribution in [0.5, 0.6) is 5.75 Å². The zero-order chi connectivity index (χ0) is 24.9. The third-order valence-electron chi connectivity index (χ3n) is 5.38. The molecule has 3 aromatic rings. The number of unbranched alkanes of at least 4 members (excludes halogenated alkanes) is 2. The van der Waals surface area contributed by atoms with Crippen LogP contribution in [0.2, 0.25) is 0 Å². The van der Waals surface area contributed by atoms with Gasteiger partial charge < -0.3 is 4.74 Å². The van der Waals surface area contributed by atoms with Crippen molar-refractivity contribution in [1.29, 1.82) is 0 Å². The Bertz CT molecular complexity index is 1080. The lowest BCUT2D eigenvalue weighted by Crippen LogP contribution is -2.25. The molecule has 8 heteroatoms. The number of alkyl halides is 2. The van der Waals surface area contributed by atoms with Crippen molar-refractivity contribution in [2.75, 3.05) is 0 Å². The molecule has 0 N–H and O–H groups in total. The number of benzene rings is 3. The molecule has 0 bridgehead atoms. The summed E-state index contributed by atoms with van der Waals surface area (Å²) < 4.78 is 102. The summed E-state index contributed by atoms with van der Waals surface area (Å²) in [6, 6.07) is 8.83. The van der Waals surface area contributed by atoms with E-state index in [0.717, 1.165) is 37.1 Å². The fourth-order valence-electron chi connectivity index (χ4n) is 3.59. The van der Waals surface area contributed by atoms with Crippen LogP contribution in [0.25, 0.3) is 0 Å². The summed E-state index contributed by atoms with van der Waals surface area (Å²) in [5.74, 6) is -7.23. The summed E-state index contributed by atoms with van der Waals surface area (Å²) in [7, 11) is 0. The summed E-state index contributed by atoms with van der Waals surface area (Å²) in [6.07, 6.45) is -0.947. The fraction of sp³-hybridized carbons (Fsp3) is 0.308. The summed E-state index contributed by atoms with van der Waals surface area (Å²) in [6.45, 7) is 1.97. The normalized spacial score (nSPS) is 11.6. The summed E-state index contributed by atoms with van der Waals surface area (Å²) in [5.41, 5.74) is -0.314. The van der Waals surface area contributed by atoms with Gasteiger partial charge in [-0.05, 0) is 78.8 Å². The van der Waals surface area contributed by atoms with Crippen molar-refractivity contribution in [2.24, 2.45) is 0 Å². The van der Waals surface area contributed by atoms with E-state index in [0.29, 0.717) is 24.0 Å². The molecule has 0 amide bonds. The van der Waals surface area contributed by atoms with Crippen LogP contribution < -0.4 is 4.74 Å². The van der Waals surface area contributed by atoms with Crippen LogP contribution in [0.4, 0.5) is 30.7 Å². The van der Waals surface area contributed by atoms with Gasteiger partial charge in [0.1, 0.15) is 22.9 Å². The number of aryl methyl sites for hydroxylation is 3. The van der Waals surface area contributed by atoms with Crippen LogP contribution in [-0.2, 0) is 25.4 Å². The molecule has 0 saturated heterocycles. The molecule has 182 valence electrons. The molecule has 0 heterocycles. The van der Waals surface area contributed by atoms with Gasteiger partial charge in [-0.15, -0.1) is 0 Å². The second-order valence-electron chi connectivity index (χ2n) is 8.03. The smallest absolute Gasteiger partial charge is 0.429 e. The second-order valence-corrected chi connectivity index (χ2v) is 8.03. The zero-order valence-electron chi connectivity index (χ0n) is 18.4. The second kappa shape index (κ2) is 10.9. The van der Waals surface area contributed by atoms with Crippen molar-refractivity contribution < 1.29 is 35.5 Å². The molecule has 0 radical (unpaired) electrons. The van der Waals surface area contributed by atoms with Crippen molar-refractivity contribution in [3.63, 3.8) is 0 Å². The number of ether oxygens (including phenoxy) is 1. The summed E-state index contributed by atoms with van der Waals surface area (Å²) in [4.78, 5) is 0. The van der Waals surface area contributed by atoms with E-state index in [1.54, 1.807) is 0 Å². The maximum absolute atomic E-state index is 14.6. The van der Waals surface area contributed by atoms with Gasteiger partial charge in [-0.1, -0.05) is 31.9 Å². The van der Waals surface area contributed by atoms with E-state index in [9.17, 15) is 30.7 Å². The Kier molecular flexibility index (Phi) is 8.23. The molecule has 0 atom stereocenters. The highest BCUT2D eigenvalue weighted by Gasteiger charge is 2.41. The highest BCUT2D eigenvalue weighted by molar-refractivity contribution is 5.32. The van der Waals surface area contributed by atoms with Crippen molar-refractivity contribution >= 4 is 0 Å². The molecule has 1 nitrogen and oxygen atoms in total. The lowest BCUT2D eigenvalue weighted by molar-refractivity contribution is -0.189. The number of halogens is 7. The molecule has 0 aromatic heterocycles. The predicted octanol–water partition coefficient (Wildman–Crippen LogP) is 8.03. The van der Waals surface area contributed by atoms with Crippen LogP contribution in [0.15, 0.2) is 48.5 Å². The maximum Gasteiger partial charge on any atom is 0.432 e. The highest BCUT2D eigenvalue weighted by atomic mass is 19.3. The summed E-state index contributed by atoms with van der Waals surface area (Å²) in [5, 5.41) is 0. The van der Waals surface area contributed by atoms with Crippen molar-refractivity contribution in [3.8, 4) is 5.75 Å². The molecule has 3 aromatic carbocycles. The highest BCUT2D eigenvalue weighted by Crippen LogP contribution is 2.35. The first-order valence-electron chi connectivity index (χ1n) is 10.9. The SMILES string of the molecule is CCCCCc1cc(F)c(C(F)(F)Oc2ccc(CCc3cc(F)c(F)c(F)c3)cc2)c(F)c1. The average molecular weight is 484 g/mol. The van der Waals surface area contributed by atoms with Gasteiger partial charge in [0.25, 0.3) is 0 Å². The average Bonchev–Trinajstić information content (AvgIpc) is 2.76. The summed E-state index contributed by atoms with van der Waals surface area (Å²) >= 11 is 0. The number of hydrogen-bond acceptors (Lipinski definition) is 1. The van der Waals surface area contributed by atoms with Gasteiger partial charge in [0, 0.05) is 0 Å². The third kappa shape index (κ3) is 6.30. The first-order valence-corrected chi connectivity index (χ1v) is 10.9. The van der Waals surface area contributed by atoms with Gasteiger partial charge in [0.05, 0.1) is 0 Å². The van der Waals surface area contributed by atoms with Crippen LogP contribution >= 0.6 is 0 Å². The van der Waals surface area contributed by atoms with E-state index < -0.39 is 40.8 Å². The van der Waals surface area contributed by atoms with Crippen molar-refractivity contribution in [1.82, 2.24) is 0 Å². The Morgan fingerprint density at radius 3 is 1.71 bits per heavy atom. The monoisotopic (exact) mass is 484 g/mol. The minimum absolute atomic E-state index is 0.172. The largest absolute Gasteiger partial charge is 0.432 e. The Morgan fingerprint density at radius 1 is 0.647 bits per heavy atom. The predicted molar refractivity (Wildman–Crippen MR) is 114 cm³/mol. The van der Waals surface area contributed by atoms with Gasteiger partial charge in [0.15, 0.2) is 17.5 Å². The van der Waals surface area contributed by atoms with E-state index in [-0.39, 0.29) is 24.2 Å². The van der Waals surface area contributed by atoms with E-state index in [4.69, 9.17) is 0 Å². The first-order chi connectivity index (χ1) is 16.1. The molecule has 0 aliphatic carbocycles. The van der Waals surface area contributed by atoms with Crippen LogP contribution in [-0.4, -0.2) is 0 Å². The molecule has 0 aliphatic rings. The van der Waals surface area contributed by atoms with Gasteiger partial charge in [-0.3, -0.25) is 0 Å². The first kappa shape index (κ1) is 25.6. The standard InChI is InChI=1S/C26H23F7O/c1-2-3-4-5-17-12-20(27)24(21(28)13-17)26(32,33)34-19-10-8-16(9-11-19)6-7-18-14-22(29)25(31)23(30)15-18/h8-15H,2-7H2,1H3. The zero-order valence-corrected chi connectivity index (χ0v) is 18.4. The Balaban J connectivity index is 1.67. The topological polar surface area (TPSA) is 9.23 Å². The van der Waals surface area contributed by atoms with Crippen LogP contribution in [0.3, 0.4) is 0 Å². The van der Waals surface area contributed by atoms with Gasteiger partial charge >= 0.3 is 6.11 Å². The molecular formula is C26H23F7O. The van der Waals surface area contributed by atoms with E-state index >= 15 is 0 Å². The van der Waals surface area contributed by atoms with Crippen LogP contribution in [0, 0.1) is 29.1 Å². The lowest BCUT2D eigenvalue weighted by atomic mass is 10.0. The van der Waals surface area contributed by atoms with Crippen molar-refractivity contribution in [3.05, 3.63) is 99.9 Å². The minimum atomic E-state index is -4.25. The molecule has 0 saturated carbocycles. The quantitative estimate of drug-likeness (QED) is 0.161. The Hall–Kier alpha value is -3.03. The molecular weight excluding hydrogens is 461 g/mol. The van der Waals surface area contributed by atoms with E-state index in [2.05, 4.69) is 4.74 Å². The molecule has 0 unspecified atom stereocenters. The molecule has 0 fully saturated rings. The van der Waals surface area contributed by atoms with Crippen LogP contribution in [0.1, 0.15) is 48.4 Å².